The van der Waals surface area contributed by atoms with Gasteiger partial charge in [-0.25, -0.2) is 0 Å². The molecule has 1 aromatic heterocycles. The summed E-state index contributed by atoms with van der Waals surface area (Å²) in [5.74, 6) is 0.0944. The van der Waals surface area contributed by atoms with Gasteiger partial charge in [0.15, 0.2) is 0 Å². The number of carbonyl (C=O) groups excluding carboxylic acids is 2. The number of hydrogen-bond donors (Lipinski definition) is 2. The summed E-state index contributed by atoms with van der Waals surface area (Å²) in [7, 11) is 1.56. The molecule has 1 aliphatic rings. The normalized spacial score (nSPS) is 14.3. The number of amides is 2. The van der Waals surface area contributed by atoms with Gasteiger partial charge in [0, 0.05) is 37.9 Å². The van der Waals surface area contributed by atoms with E-state index in [0.29, 0.717) is 29.1 Å². The van der Waals surface area contributed by atoms with Crippen molar-refractivity contribution in [1.29, 1.82) is 0 Å². The minimum absolute atomic E-state index is 0.249. The van der Waals surface area contributed by atoms with Crippen molar-refractivity contribution >= 4 is 17.5 Å². The van der Waals surface area contributed by atoms with Crippen molar-refractivity contribution < 1.29 is 19.1 Å². The Morgan fingerprint density at radius 3 is 2.61 bits per heavy atom. The topological polar surface area (TPSA) is 92.8 Å². The van der Waals surface area contributed by atoms with Crippen LogP contribution in [-0.4, -0.2) is 68.2 Å². The second-order valence-electron chi connectivity index (χ2n) is 6.31. The maximum absolute atomic E-state index is 12.6. The fourth-order valence-electron chi connectivity index (χ4n) is 2.88. The molecule has 2 aromatic rings. The van der Waals surface area contributed by atoms with E-state index in [9.17, 15) is 9.59 Å². The van der Waals surface area contributed by atoms with Crippen LogP contribution in [-0.2, 0) is 4.74 Å². The van der Waals surface area contributed by atoms with Gasteiger partial charge in [0.25, 0.3) is 11.8 Å². The highest BCUT2D eigenvalue weighted by molar-refractivity contribution is 6.08. The highest BCUT2D eigenvalue weighted by atomic mass is 16.5. The smallest absolute Gasteiger partial charge is 0.255 e. The maximum atomic E-state index is 12.6. The van der Waals surface area contributed by atoms with Gasteiger partial charge >= 0.3 is 0 Å². The average molecular weight is 384 g/mol. The van der Waals surface area contributed by atoms with Crippen molar-refractivity contribution in [3.8, 4) is 5.75 Å². The molecule has 2 amide bonds. The van der Waals surface area contributed by atoms with E-state index >= 15 is 0 Å². The molecule has 1 aromatic carbocycles. The molecule has 0 spiro atoms. The third-order valence-corrected chi connectivity index (χ3v) is 4.48. The van der Waals surface area contributed by atoms with Crippen LogP contribution in [0.4, 0.5) is 5.69 Å². The van der Waals surface area contributed by atoms with Crippen LogP contribution in [0, 0.1) is 0 Å². The summed E-state index contributed by atoms with van der Waals surface area (Å²) in [6.07, 6.45) is 3.00. The minimum atomic E-state index is -0.321. The van der Waals surface area contributed by atoms with E-state index in [1.807, 2.05) is 0 Å². The fourth-order valence-corrected chi connectivity index (χ4v) is 2.88. The summed E-state index contributed by atoms with van der Waals surface area (Å²) in [6.45, 7) is 4.46. The number of aromatic nitrogens is 1. The number of benzene rings is 1. The molecule has 2 heterocycles. The first-order valence-corrected chi connectivity index (χ1v) is 9.15. The summed E-state index contributed by atoms with van der Waals surface area (Å²) in [6, 6.07) is 8.32. The van der Waals surface area contributed by atoms with Gasteiger partial charge in [0.1, 0.15) is 5.75 Å². The van der Waals surface area contributed by atoms with E-state index in [0.717, 1.165) is 32.8 Å². The standard InChI is InChI=1S/C20H24N4O4/c1-27-16-4-2-15(3-5-16)19(25)23-18-14-21-7-6-17(18)20(26)22-8-9-24-10-12-28-13-11-24/h2-7,14H,8-13H2,1H3,(H,22,26)(H,23,25). The number of pyridine rings is 1. The summed E-state index contributed by atoms with van der Waals surface area (Å²) in [5, 5.41) is 5.65. The molecule has 0 aliphatic carbocycles. The van der Waals surface area contributed by atoms with Gasteiger partial charge in [-0.1, -0.05) is 0 Å². The first-order chi connectivity index (χ1) is 13.7. The second kappa shape index (κ2) is 9.82. The lowest BCUT2D eigenvalue weighted by molar-refractivity contribution is 0.0383. The quantitative estimate of drug-likeness (QED) is 0.750. The summed E-state index contributed by atoms with van der Waals surface area (Å²) < 4.78 is 10.4. The molecule has 0 atom stereocenters. The zero-order chi connectivity index (χ0) is 19.8. The number of ether oxygens (including phenoxy) is 2. The van der Waals surface area contributed by atoms with Crippen LogP contribution in [0.25, 0.3) is 0 Å². The average Bonchev–Trinajstić information content (AvgIpc) is 2.75. The number of carbonyl (C=O) groups is 2. The lowest BCUT2D eigenvalue weighted by Gasteiger charge is -2.26. The van der Waals surface area contributed by atoms with Crippen LogP contribution in [0.3, 0.4) is 0 Å². The zero-order valence-corrected chi connectivity index (χ0v) is 15.8. The van der Waals surface area contributed by atoms with Crippen molar-refractivity contribution in [2.75, 3.05) is 51.8 Å². The molecule has 148 valence electrons. The summed E-state index contributed by atoms with van der Waals surface area (Å²) in [5.41, 5.74) is 1.20. The third kappa shape index (κ3) is 5.28. The Kier molecular flexibility index (Phi) is 6.94. The number of rotatable bonds is 7. The zero-order valence-electron chi connectivity index (χ0n) is 15.8. The lowest BCUT2D eigenvalue weighted by Crippen LogP contribution is -2.41. The molecule has 3 rings (SSSR count). The lowest BCUT2D eigenvalue weighted by atomic mass is 10.1. The Balaban J connectivity index is 1.59. The first-order valence-electron chi connectivity index (χ1n) is 9.15. The van der Waals surface area contributed by atoms with Gasteiger partial charge < -0.3 is 20.1 Å². The van der Waals surface area contributed by atoms with Gasteiger partial charge in [-0.15, -0.1) is 0 Å². The summed E-state index contributed by atoms with van der Waals surface area (Å²) >= 11 is 0. The number of morpholine rings is 1. The van der Waals surface area contributed by atoms with Gasteiger partial charge in [-0.05, 0) is 30.3 Å². The van der Waals surface area contributed by atoms with Crippen molar-refractivity contribution in [3.05, 3.63) is 53.9 Å². The van der Waals surface area contributed by atoms with E-state index in [1.54, 1.807) is 37.4 Å². The summed E-state index contributed by atoms with van der Waals surface area (Å²) in [4.78, 5) is 31.3. The molecule has 8 nitrogen and oxygen atoms in total. The monoisotopic (exact) mass is 384 g/mol. The Morgan fingerprint density at radius 1 is 1.14 bits per heavy atom. The van der Waals surface area contributed by atoms with Crippen LogP contribution < -0.4 is 15.4 Å². The van der Waals surface area contributed by atoms with E-state index < -0.39 is 0 Å². The molecule has 0 unspecified atom stereocenters. The number of methoxy groups -OCH3 is 1. The molecular weight excluding hydrogens is 360 g/mol. The predicted molar refractivity (Wildman–Crippen MR) is 105 cm³/mol. The van der Waals surface area contributed by atoms with Crippen LogP contribution in [0.1, 0.15) is 20.7 Å². The third-order valence-electron chi connectivity index (χ3n) is 4.48. The van der Waals surface area contributed by atoms with Crippen LogP contribution >= 0.6 is 0 Å². The van der Waals surface area contributed by atoms with Crippen molar-refractivity contribution in [1.82, 2.24) is 15.2 Å². The van der Waals surface area contributed by atoms with Crippen LogP contribution in [0.5, 0.6) is 5.75 Å². The number of nitrogens with zero attached hydrogens (tertiary/aromatic N) is 2. The minimum Gasteiger partial charge on any atom is -0.497 e. The first kappa shape index (κ1) is 19.8. The maximum Gasteiger partial charge on any atom is 0.255 e. The Labute approximate surface area is 163 Å². The van der Waals surface area contributed by atoms with E-state index in [4.69, 9.17) is 9.47 Å². The molecule has 1 saturated heterocycles. The van der Waals surface area contributed by atoms with Crippen molar-refractivity contribution in [2.45, 2.75) is 0 Å². The molecule has 8 heteroatoms. The van der Waals surface area contributed by atoms with Crippen molar-refractivity contribution in [3.63, 3.8) is 0 Å². The molecule has 0 radical (unpaired) electrons. The SMILES string of the molecule is COc1ccc(C(=O)Nc2cnccc2C(=O)NCCN2CCOCC2)cc1. The van der Waals surface area contributed by atoms with E-state index in [-0.39, 0.29) is 11.8 Å². The highest BCUT2D eigenvalue weighted by Gasteiger charge is 2.15. The van der Waals surface area contributed by atoms with E-state index in [2.05, 4.69) is 20.5 Å². The second-order valence-corrected chi connectivity index (χ2v) is 6.31. The van der Waals surface area contributed by atoms with Crippen molar-refractivity contribution in [2.24, 2.45) is 0 Å². The van der Waals surface area contributed by atoms with E-state index in [1.165, 1.54) is 12.4 Å². The largest absolute Gasteiger partial charge is 0.497 e. The highest BCUT2D eigenvalue weighted by Crippen LogP contribution is 2.16. The van der Waals surface area contributed by atoms with Gasteiger partial charge in [-0.3, -0.25) is 19.5 Å². The van der Waals surface area contributed by atoms with Gasteiger partial charge in [0.05, 0.1) is 37.8 Å². The number of anilines is 1. The predicted octanol–water partition coefficient (Wildman–Crippen LogP) is 1.40. The molecule has 1 fully saturated rings. The molecule has 0 saturated carbocycles. The molecule has 1 aliphatic heterocycles. The van der Waals surface area contributed by atoms with Gasteiger partial charge in [0.2, 0.25) is 0 Å². The van der Waals surface area contributed by atoms with Crippen LogP contribution in [0.2, 0.25) is 0 Å². The van der Waals surface area contributed by atoms with Crippen LogP contribution in [0.15, 0.2) is 42.7 Å². The number of hydrogen-bond acceptors (Lipinski definition) is 6. The molecule has 0 bridgehead atoms. The molecule has 2 N–H and O–H groups in total. The Hall–Kier alpha value is -2.97. The Morgan fingerprint density at radius 2 is 1.89 bits per heavy atom. The fraction of sp³-hybridized carbons (Fsp3) is 0.350. The molecular formula is C20H24N4O4. The number of nitrogens with one attached hydrogen (secondary N) is 2. The van der Waals surface area contributed by atoms with Gasteiger partial charge in [-0.2, -0.15) is 0 Å². The molecule has 28 heavy (non-hydrogen) atoms. The Bertz CT molecular complexity index is 804.